The van der Waals surface area contributed by atoms with Gasteiger partial charge in [-0.05, 0) is 25.7 Å². The highest BCUT2D eigenvalue weighted by molar-refractivity contribution is 5.76. The predicted molar refractivity (Wildman–Crippen MR) is 135 cm³/mol. The molecule has 0 saturated heterocycles. The van der Waals surface area contributed by atoms with Crippen molar-refractivity contribution in [3.05, 3.63) is 29.1 Å². The number of aliphatic imine (C=N–C) groups is 2. The maximum absolute atomic E-state index is 4.62. The highest BCUT2D eigenvalue weighted by atomic mass is 15.1. The fraction of sp³-hybridized carbons (Fsp3) is 0.680. The van der Waals surface area contributed by atoms with Crippen molar-refractivity contribution >= 4 is 18.4 Å². The Bertz CT molecular complexity index is 755. The van der Waals surface area contributed by atoms with Crippen LogP contribution in [0.25, 0.3) is 0 Å². The van der Waals surface area contributed by atoms with Gasteiger partial charge in [-0.25, -0.2) is 24.9 Å². The fourth-order valence-corrected chi connectivity index (χ4v) is 3.15. The van der Waals surface area contributed by atoms with Crippen LogP contribution in [-0.2, 0) is 25.7 Å². The van der Waals surface area contributed by atoms with Crippen molar-refractivity contribution < 1.29 is 0 Å². The lowest BCUT2D eigenvalue weighted by atomic mass is 10.2. The summed E-state index contributed by atoms with van der Waals surface area (Å²) in [6.45, 7) is 9.10. The summed E-state index contributed by atoms with van der Waals surface area (Å²) < 4.78 is 0. The molecule has 0 unspecified atom stereocenters. The van der Waals surface area contributed by atoms with Gasteiger partial charge in [0.1, 0.15) is 23.3 Å². The predicted octanol–water partition coefficient (Wildman–Crippen LogP) is 5.25. The first-order valence-electron chi connectivity index (χ1n) is 12.7. The third-order valence-corrected chi connectivity index (χ3v) is 5.08. The van der Waals surface area contributed by atoms with Crippen molar-refractivity contribution in [1.29, 1.82) is 0 Å². The molecule has 2 rings (SSSR count). The third-order valence-electron chi connectivity index (χ3n) is 5.08. The average molecular weight is 453 g/mol. The summed E-state index contributed by atoms with van der Waals surface area (Å²) in [5, 5.41) is 0. The van der Waals surface area contributed by atoms with Gasteiger partial charge in [0.05, 0.1) is 12.8 Å². The summed E-state index contributed by atoms with van der Waals surface area (Å²) in [5.74, 6) is 4.48. The number of aromatic nitrogens is 6. The Morgan fingerprint density at radius 2 is 1.00 bits per heavy atom. The van der Waals surface area contributed by atoms with E-state index in [1.807, 2.05) is 0 Å². The first-order chi connectivity index (χ1) is 16.2. The van der Waals surface area contributed by atoms with Crippen LogP contribution in [0.2, 0.25) is 0 Å². The Morgan fingerprint density at radius 3 is 1.42 bits per heavy atom. The first kappa shape index (κ1) is 26.6. The SMILES string of the molecule is CCCCc1nc(C=NCC=Nc2nc(CCCC)nc(CCCC)n2)nc(CCCC)n1. The van der Waals surface area contributed by atoms with Crippen molar-refractivity contribution in [3.8, 4) is 0 Å². The monoisotopic (exact) mass is 452 g/mol. The molecule has 33 heavy (non-hydrogen) atoms. The zero-order valence-electron chi connectivity index (χ0n) is 20.9. The summed E-state index contributed by atoms with van der Waals surface area (Å²) >= 11 is 0. The van der Waals surface area contributed by atoms with Crippen LogP contribution < -0.4 is 0 Å². The van der Waals surface area contributed by atoms with Crippen LogP contribution in [0.4, 0.5) is 5.95 Å². The summed E-state index contributed by atoms with van der Waals surface area (Å²) in [6.07, 6.45) is 15.7. The van der Waals surface area contributed by atoms with Crippen molar-refractivity contribution in [2.75, 3.05) is 6.54 Å². The Kier molecular flexibility index (Phi) is 12.9. The minimum atomic E-state index is 0.417. The summed E-state index contributed by atoms with van der Waals surface area (Å²) in [7, 11) is 0. The zero-order chi connectivity index (χ0) is 23.7. The van der Waals surface area contributed by atoms with Crippen molar-refractivity contribution in [3.63, 3.8) is 0 Å². The van der Waals surface area contributed by atoms with Gasteiger partial charge in [0.2, 0.25) is 0 Å². The molecular weight excluding hydrogens is 412 g/mol. The first-order valence-corrected chi connectivity index (χ1v) is 12.7. The van der Waals surface area contributed by atoms with Gasteiger partial charge in [-0.3, -0.25) is 4.99 Å². The second-order valence-corrected chi connectivity index (χ2v) is 8.21. The van der Waals surface area contributed by atoms with E-state index in [0.29, 0.717) is 18.3 Å². The molecule has 0 radical (unpaired) electrons. The molecule has 0 amide bonds. The molecule has 0 atom stereocenters. The van der Waals surface area contributed by atoms with Gasteiger partial charge < -0.3 is 0 Å². The van der Waals surface area contributed by atoms with Gasteiger partial charge in [0, 0.05) is 31.9 Å². The Balaban J connectivity index is 2.05. The van der Waals surface area contributed by atoms with E-state index in [-0.39, 0.29) is 0 Å². The van der Waals surface area contributed by atoms with E-state index in [1.54, 1.807) is 12.4 Å². The molecule has 0 spiro atoms. The summed E-state index contributed by atoms with van der Waals surface area (Å²) in [5.41, 5.74) is 0. The lowest BCUT2D eigenvalue weighted by molar-refractivity contribution is 0.697. The minimum absolute atomic E-state index is 0.417. The maximum atomic E-state index is 4.62. The van der Waals surface area contributed by atoms with Crippen LogP contribution in [0.1, 0.15) is 108 Å². The molecule has 0 aromatic carbocycles. The topological polar surface area (TPSA) is 102 Å². The molecule has 0 aliphatic rings. The summed E-state index contributed by atoms with van der Waals surface area (Å²) in [6, 6.07) is 0. The highest BCUT2D eigenvalue weighted by Crippen LogP contribution is 2.09. The Hall–Kier alpha value is -2.64. The molecule has 0 N–H and O–H groups in total. The number of nitrogens with zero attached hydrogens (tertiary/aromatic N) is 8. The van der Waals surface area contributed by atoms with E-state index in [1.165, 1.54) is 0 Å². The van der Waals surface area contributed by atoms with Crippen LogP contribution >= 0.6 is 0 Å². The van der Waals surface area contributed by atoms with Crippen molar-refractivity contribution in [2.24, 2.45) is 9.98 Å². The molecule has 2 aromatic heterocycles. The second-order valence-electron chi connectivity index (χ2n) is 8.21. The molecule has 0 bridgehead atoms. The molecular formula is C25H40N8. The normalized spacial score (nSPS) is 11.8. The molecule has 8 nitrogen and oxygen atoms in total. The highest BCUT2D eigenvalue weighted by Gasteiger charge is 2.06. The van der Waals surface area contributed by atoms with Crippen LogP contribution in [-0.4, -0.2) is 48.9 Å². The number of unbranched alkanes of at least 4 members (excludes halogenated alkanes) is 4. The lowest BCUT2D eigenvalue weighted by Crippen LogP contribution is -2.08. The van der Waals surface area contributed by atoms with E-state index >= 15 is 0 Å². The number of hydrogen-bond donors (Lipinski definition) is 0. The van der Waals surface area contributed by atoms with Crippen LogP contribution in [0, 0.1) is 0 Å². The molecule has 0 aliphatic carbocycles. The number of aryl methyl sites for hydroxylation is 4. The number of hydrogen-bond acceptors (Lipinski definition) is 8. The zero-order valence-corrected chi connectivity index (χ0v) is 20.9. The largest absolute Gasteiger partial charge is 0.284 e. The Labute approximate surface area is 199 Å². The molecule has 0 aliphatic heterocycles. The van der Waals surface area contributed by atoms with Crippen LogP contribution in [0.15, 0.2) is 9.98 Å². The molecule has 2 heterocycles. The standard InChI is InChI=1S/C25H40N8/c1-5-9-13-20-28-21(14-10-6-2)31-24(30-20)19-26-17-18-27-25-32-22(15-11-7-3)29-23(33-25)16-12-8-4/h18-19H,5-17H2,1-4H3. The van der Waals surface area contributed by atoms with E-state index < -0.39 is 0 Å². The van der Waals surface area contributed by atoms with Crippen molar-refractivity contribution in [1.82, 2.24) is 29.9 Å². The van der Waals surface area contributed by atoms with Gasteiger partial charge in [0.15, 0.2) is 5.82 Å². The Morgan fingerprint density at radius 1 is 0.576 bits per heavy atom. The molecule has 8 heteroatoms. The minimum Gasteiger partial charge on any atom is -0.284 e. The molecule has 0 fully saturated rings. The summed E-state index contributed by atoms with van der Waals surface area (Å²) in [4.78, 5) is 36.3. The van der Waals surface area contributed by atoms with E-state index in [4.69, 9.17) is 0 Å². The third kappa shape index (κ3) is 10.7. The van der Waals surface area contributed by atoms with E-state index in [2.05, 4.69) is 67.6 Å². The van der Waals surface area contributed by atoms with Crippen LogP contribution in [0.3, 0.4) is 0 Å². The maximum Gasteiger partial charge on any atom is 0.252 e. The van der Waals surface area contributed by atoms with Gasteiger partial charge in [-0.15, -0.1) is 0 Å². The van der Waals surface area contributed by atoms with Gasteiger partial charge >= 0.3 is 0 Å². The average Bonchev–Trinajstić information content (AvgIpc) is 2.83. The second kappa shape index (κ2) is 16.0. The fourth-order valence-electron chi connectivity index (χ4n) is 3.15. The van der Waals surface area contributed by atoms with Crippen LogP contribution in [0.5, 0.6) is 0 Å². The number of rotatable bonds is 16. The van der Waals surface area contributed by atoms with E-state index in [9.17, 15) is 0 Å². The van der Waals surface area contributed by atoms with Gasteiger partial charge in [0.25, 0.3) is 5.95 Å². The van der Waals surface area contributed by atoms with Gasteiger partial charge in [-0.2, -0.15) is 9.97 Å². The smallest absolute Gasteiger partial charge is 0.252 e. The van der Waals surface area contributed by atoms with Crippen molar-refractivity contribution in [2.45, 2.75) is 105 Å². The molecule has 0 saturated carbocycles. The quantitative estimate of drug-likeness (QED) is 0.322. The van der Waals surface area contributed by atoms with Gasteiger partial charge in [-0.1, -0.05) is 53.4 Å². The lowest BCUT2D eigenvalue weighted by Gasteiger charge is -2.04. The van der Waals surface area contributed by atoms with E-state index in [0.717, 1.165) is 100 Å². The molecule has 180 valence electrons. The molecule has 2 aromatic rings.